The molecule has 0 saturated carbocycles. The van der Waals surface area contributed by atoms with Crippen LogP contribution in [0.25, 0.3) is 0 Å². The number of hydrogen-bond donors (Lipinski definition) is 0. The minimum Gasteiger partial charge on any atom is -0.457 e. The van der Waals surface area contributed by atoms with Crippen LogP contribution in [0.1, 0.15) is 79.8 Å². The number of esters is 1. The highest BCUT2D eigenvalue weighted by Crippen LogP contribution is 2.26. The van der Waals surface area contributed by atoms with Crippen LogP contribution >= 0.6 is 0 Å². The molecular formula is C30H36O3. The van der Waals surface area contributed by atoms with Crippen LogP contribution in [0.5, 0.6) is 17.2 Å². The van der Waals surface area contributed by atoms with E-state index in [1.54, 1.807) is 12.1 Å². The largest absolute Gasteiger partial charge is 0.457 e. The van der Waals surface area contributed by atoms with E-state index < -0.39 is 0 Å². The second-order valence-corrected chi connectivity index (χ2v) is 8.65. The Morgan fingerprint density at radius 2 is 1.39 bits per heavy atom. The average molecular weight is 445 g/mol. The molecule has 0 amide bonds. The molecule has 0 atom stereocenters. The van der Waals surface area contributed by atoms with Crippen molar-refractivity contribution in [3.63, 3.8) is 0 Å². The van der Waals surface area contributed by atoms with Gasteiger partial charge in [0.15, 0.2) is 0 Å². The number of unbranched alkanes of at least 4 members (excludes halogenated alkanes) is 7. The summed E-state index contributed by atoms with van der Waals surface area (Å²) >= 11 is 0. The molecule has 0 unspecified atom stereocenters. The summed E-state index contributed by atoms with van der Waals surface area (Å²) < 4.78 is 11.5. The standard InChI is InChI=1S/C30H36O3/c1-3-4-5-6-7-8-9-11-14-25-17-20-28(21-18-25)33-30(31)26-19-22-29(24(2)23-26)32-27-15-12-10-13-16-27/h10,12-13,15-23H,3-9,11,14H2,1-2H3. The number of hydrogen-bond acceptors (Lipinski definition) is 3. The summed E-state index contributed by atoms with van der Waals surface area (Å²) in [6.45, 7) is 4.18. The maximum absolute atomic E-state index is 12.6. The Kier molecular flexibility index (Phi) is 10.0. The molecular weight excluding hydrogens is 408 g/mol. The summed E-state index contributed by atoms with van der Waals surface area (Å²) in [6.07, 6.45) is 11.7. The van der Waals surface area contributed by atoms with Crippen LogP contribution in [-0.4, -0.2) is 5.97 Å². The highest BCUT2D eigenvalue weighted by molar-refractivity contribution is 5.91. The Balaban J connectivity index is 1.44. The number of ether oxygens (including phenoxy) is 2. The summed E-state index contributed by atoms with van der Waals surface area (Å²) in [6, 6.07) is 22.9. The van der Waals surface area contributed by atoms with E-state index in [9.17, 15) is 4.79 Å². The zero-order chi connectivity index (χ0) is 23.3. The van der Waals surface area contributed by atoms with Gasteiger partial charge in [-0.1, -0.05) is 82.2 Å². The molecule has 0 aromatic heterocycles. The molecule has 0 fully saturated rings. The van der Waals surface area contributed by atoms with Gasteiger partial charge in [-0.05, 0) is 73.4 Å². The van der Waals surface area contributed by atoms with Crippen molar-refractivity contribution in [1.82, 2.24) is 0 Å². The minimum atomic E-state index is -0.361. The average Bonchev–Trinajstić information content (AvgIpc) is 2.83. The maximum atomic E-state index is 12.6. The number of aryl methyl sites for hydroxylation is 2. The van der Waals surface area contributed by atoms with Crippen molar-refractivity contribution in [2.75, 3.05) is 0 Å². The van der Waals surface area contributed by atoms with Gasteiger partial charge in [-0.2, -0.15) is 0 Å². The van der Waals surface area contributed by atoms with Gasteiger partial charge in [0.05, 0.1) is 5.56 Å². The van der Waals surface area contributed by atoms with Crippen molar-refractivity contribution in [1.29, 1.82) is 0 Å². The second-order valence-electron chi connectivity index (χ2n) is 8.65. The molecule has 3 aromatic rings. The topological polar surface area (TPSA) is 35.5 Å². The molecule has 3 rings (SSSR count). The Labute approximate surface area is 198 Å². The number of carbonyl (C=O) groups excluding carboxylic acids is 1. The van der Waals surface area contributed by atoms with Crippen LogP contribution in [0.4, 0.5) is 0 Å². The van der Waals surface area contributed by atoms with Gasteiger partial charge in [0.1, 0.15) is 17.2 Å². The molecule has 0 saturated heterocycles. The summed E-state index contributed by atoms with van der Waals surface area (Å²) in [5.74, 6) is 1.70. The molecule has 174 valence electrons. The van der Waals surface area contributed by atoms with Crippen molar-refractivity contribution in [3.05, 3.63) is 89.5 Å². The van der Waals surface area contributed by atoms with Gasteiger partial charge in [0.25, 0.3) is 0 Å². The predicted octanol–water partition coefficient (Wildman–Crippen LogP) is 8.69. The molecule has 0 bridgehead atoms. The van der Waals surface area contributed by atoms with Crippen LogP contribution in [-0.2, 0) is 6.42 Å². The zero-order valence-corrected chi connectivity index (χ0v) is 20.0. The van der Waals surface area contributed by atoms with E-state index in [4.69, 9.17) is 9.47 Å². The Morgan fingerprint density at radius 1 is 0.727 bits per heavy atom. The quantitative estimate of drug-likeness (QED) is 0.150. The van der Waals surface area contributed by atoms with Crippen LogP contribution in [0.3, 0.4) is 0 Å². The first kappa shape index (κ1) is 24.6. The van der Waals surface area contributed by atoms with Gasteiger partial charge < -0.3 is 9.47 Å². The minimum absolute atomic E-state index is 0.361. The Hall–Kier alpha value is -3.07. The maximum Gasteiger partial charge on any atom is 0.343 e. The van der Waals surface area contributed by atoms with E-state index in [0.29, 0.717) is 11.3 Å². The Morgan fingerprint density at radius 3 is 2.06 bits per heavy atom. The fourth-order valence-electron chi connectivity index (χ4n) is 3.86. The van der Waals surface area contributed by atoms with E-state index in [-0.39, 0.29) is 5.97 Å². The number of rotatable bonds is 13. The third kappa shape index (κ3) is 8.42. The monoisotopic (exact) mass is 444 g/mol. The molecule has 3 nitrogen and oxygen atoms in total. The van der Waals surface area contributed by atoms with Gasteiger partial charge >= 0.3 is 5.97 Å². The smallest absolute Gasteiger partial charge is 0.343 e. The van der Waals surface area contributed by atoms with Crippen molar-refractivity contribution in [2.45, 2.75) is 71.6 Å². The highest BCUT2D eigenvalue weighted by atomic mass is 16.5. The number of benzene rings is 3. The van der Waals surface area contributed by atoms with E-state index in [1.807, 2.05) is 55.5 Å². The van der Waals surface area contributed by atoms with Crippen LogP contribution in [0.15, 0.2) is 72.8 Å². The predicted molar refractivity (Wildman–Crippen MR) is 135 cm³/mol. The molecule has 3 heteroatoms. The first-order valence-corrected chi connectivity index (χ1v) is 12.3. The number of para-hydroxylation sites is 1. The van der Waals surface area contributed by atoms with E-state index >= 15 is 0 Å². The van der Waals surface area contributed by atoms with Crippen molar-refractivity contribution in [3.8, 4) is 17.2 Å². The van der Waals surface area contributed by atoms with E-state index in [0.717, 1.165) is 23.5 Å². The van der Waals surface area contributed by atoms with Gasteiger partial charge in [-0.25, -0.2) is 4.79 Å². The molecule has 0 aliphatic heterocycles. The lowest BCUT2D eigenvalue weighted by atomic mass is 10.0. The lowest BCUT2D eigenvalue weighted by molar-refractivity contribution is 0.0734. The molecule has 0 N–H and O–H groups in total. The first-order chi connectivity index (χ1) is 16.2. The van der Waals surface area contributed by atoms with Gasteiger partial charge in [-0.15, -0.1) is 0 Å². The first-order valence-electron chi connectivity index (χ1n) is 12.3. The Bertz CT molecular complexity index is 977. The van der Waals surface area contributed by atoms with Gasteiger partial charge in [0, 0.05) is 0 Å². The van der Waals surface area contributed by atoms with Crippen LogP contribution < -0.4 is 9.47 Å². The molecule has 3 aromatic carbocycles. The van der Waals surface area contributed by atoms with Crippen molar-refractivity contribution >= 4 is 5.97 Å². The number of carbonyl (C=O) groups is 1. The third-order valence-corrected chi connectivity index (χ3v) is 5.83. The van der Waals surface area contributed by atoms with Crippen LogP contribution in [0, 0.1) is 6.92 Å². The molecule has 0 heterocycles. The fraction of sp³-hybridized carbons (Fsp3) is 0.367. The normalized spacial score (nSPS) is 10.7. The molecule has 33 heavy (non-hydrogen) atoms. The summed E-state index contributed by atoms with van der Waals surface area (Å²) in [7, 11) is 0. The summed E-state index contributed by atoms with van der Waals surface area (Å²) in [4.78, 5) is 12.6. The molecule has 0 aliphatic carbocycles. The summed E-state index contributed by atoms with van der Waals surface area (Å²) in [5.41, 5.74) is 2.68. The summed E-state index contributed by atoms with van der Waals surface area (Å²) in [5, 5.41) is 0. The molecule has 0 aliphatic rings. The highest BCUT2D eigenvalue weighted by Gasteiger charge is 2.11. The van der Waals surface area contributed by atoms with E-state index in [2.05, 4.69) is 19.1 Å². The molecule has 0 radical (unpaired) electrons. The lowest BCUT2D eigenvalue weighted by Gasteiger charge is -2.10. The van der Waals surface area contributed by atoms with Gasteiger partial charge in [0.2, 0.25) is 0 Å². The molecule has 0 spiro atoms. The van der Waals surface area contributed by atoms with E-state index in [1.165, 1.54) is 56.9 Å². The van der Waals surface area contributed by atoms with Crippen molar-refractivity contribution < 1.29 is 14.3 Å². The van der Waals surface area contributed by atoms with Crippen molar-refractivity contribution in [2.24, 2.45) is 0 Å². The lowest BCUT2D eigenvalue weighted by Crippen LogP contribution is -2.08. The van der Waals surface area contributed by atoms with Gasteiger partial charge in [-0.3, -0.25) is 0 Å². The zero-order valence-electron chi connectivity index (χ0n) is 20.0. The SMILES string of the molecule is CCCCCCCCCCc1ccc(OC(=O)c2ccc(Oc3ccccc3)c(C)c2)cc1. The third-order valence-electron chi connectivity index (χ3n) is 5.83. The second kappa shape index (κ2) is 13.5. The fourth-order valence-corrected chi connectivity index (χ4v) is 3.86. The van der Waals surface area contributed by atoms with Crippen LogP contribution in [0.2, 0.25) is 0 Å².